The SMILES string of the molecule is CCCCCCCCCCC(CCCCCCCC)Cc1cc(-c2cc(CC(C)CCCCCCCC)c(Br)s2)sc1Br. The standard InChI is InChI=1S/C39H66Br2S2/c1-5-8-11-14-17-18-21-24-27-33(26-23-20-16-13-10-7-3)29-35-31-37(43-39(35)41)36-30-34(38(40)42-36)28-32(4)25-22-19-15-12-9-6-2/h30-33H,5-29H2,1-4H3. The molecule has 0 nitrogen and oxygen atoms in total. The fourth-order valence-electron chi connectivity index (χ4n) is 6.52. The predicted molar refractivity (Wildman–Crippen MR) is 206 cm³/mol. The third kappa shape index (κ3) is 17.7. The average Bonchev–Trinajstić information content (AvgIpc) is 3.54. The molecule has 0 aliphatic rings. The van der Waals surface area contributed by atoms with Crippen molar-refractivity contribution in [2.45, 2.75) is 188 Å². The Morgan fingerprint density at radius 1 is 0.488 bits per heavy atom. The Labute approximate surface area is 293 Å². The molecule has 2 unspecified atom stereocenters. The second-order valence-electron chi connectivity index (χ2n) is 13.6. The molecule has 43 heavy (non-hydrogen) atoms. The summed E-state index contributed by atoms with van der Waals surface area (Å²) in [5.74, 6) is 1.59. The van der Waals surface area contributed by atoms with Crippen LogP contribution in [-0.4, -0.2) is 0 Å². The summed E-state index contributed by atoms with van der Waals surface area (Å²) in [6.45, 7) is 9.39. The molecule has 0 aliphatic heterocycles. The number of rotatable bonds is 28. The number of thiophene rings is 2. The maximum atomic E-state index is 4.00. The van der Waals surface area contributed by atoms with Crippen molar-refractivity contribution < 1.29 is 0 Å². The smallest absolute Gasteiger partial charge is 0.0737 e. The Morgan fingerprint density at radius 3 is 1.26 bits per heavy atom. The van der Waals surface area contributed by atoms with Crippen molar-refractivity contribution in [2.24, 2.45) is 11.8 Å². The molecule has 0 spiro atoms. The summed E-state index contributed by atoms with van der Waals surface area (Å²) in [4.78, 5) is 2.90. The van der Waals surface area contributed by atoms with E-state index in [1.54, 1.807) is 5.56 Å². The van der Waals surface area contributed by atoms with Crippen molar-refractivity contribution in [3.8, 4) is 9.75 Å². The fourth-order valence-corrected chi connectivity index (χ4v) is 10.0. The van der Waals surface area contributed by atoms with E-state index in [1.165, 1.54) is 183 Å². The summed E-state index contributed by atoms with van der Waals surface area (Å²) in [7, 11) is 0. The Hall–Kier alpha value is 0.360. The molecule has 2 aromatic rings. The molecule has 0 saturated carbocycles. The van der Waals surface area contributed by atoms with E-state index in [-0.39, 0.29) is 0 Å². The zero-order chi connectivity index (χ0) is 31.1. The van der Waals surface area contributed by atoms with E-state index in [2.05, 4.69) is 71.7 Å². The Kier molecular flexibility index (Phi) is 23.4. The molecular weight excluding hydrogens is 692 g/mol. The number of hydrogen-bond acceptors (Lipinski definition) is 2. The van der Waals surface area contributed by atoms with Gasteiger partial charge in [0, 0.05) is 9.75 Å². The van der Waals surface area contributed by atoms with Crippen LogP contribution in [0.2, 0.25) is 0 Å². The van der Waals surface area contributed by atoms with Crippen LogP contribution in [0.15, 0.2) is 19.7 Å². The fraction of sp³-hybridized carbons (Fsp3) is 0.795. The number of unbranched alkanes of at least 4 members (excludes halogenated alkanes) is 17. The van der Waals surface area contributed by atoms with Gasteiger partial charge in [-0.2, -0.15) is 0 Å². The Bertz CT molecular complexity index is 930. The van der Waals surface area contributed by atoms with Crippen molar-refractivity contribution in [2.75, 3.05) is 0 Å². The minimum absolute atomic E-state index is 0.759. The van der Waals surface area contributed by atoms with Gasteiger partial charge in [0.05, 0.1) is 7.57 Å². The quantitative estimate of drug-likeness (QED) is 0.0758. The summed E-state index contributed by atoms with van der Waals surface area (Å²) in [6.07, 6.45) is 34.8. The molecule has 2 rings (SSSR count). The Balaban J connectivity index is 1.91. The van der Waals surface area contributed by atoms with Crippen LogP contribution in [0.5, 0.6) is 0 Å². The molecule has 2 heterocycles. The van der Waals surface area contributed by atoms with Crippen LogP contribution < -0.4 is 0 Å². The highest BCUT2D eigenvalue weighted by Crippen LogP contribution is 2.43. The first-order valence-corrected chi connectivity index (χ1v) is 21.8. The van der Waals surface area contributed by atoms with Gasteiger partial charge in [0.15, 0.2) is 0 Å². The van der Waals surface area contributed by atoms with Gasteiger partial charge in [0.2, 0.25) is 0 Å². The second-order valence-corrected chi connectivity index (χ2v) is 18.3. The highest BCUT2D eigenvalue weighted by Gasteiger charge is 2.18. The summed E-state index contributed by atoms with van der Waals surface area (Å²) in [5, 5.41) is 0. The van der Waals surface area contributed by atoms with Gasteiger partial charge in [-0.3, -0.25) is 0 Å². The molecule has 0 amide bonds. The molecule has 0 aliphatic carbocycles. The van der Waals surface area contributed by atoms with E-state index >= 15 is 0 Å². The van der Waals surface area contributed by atoms with E-state index in [4.69, 9.17) is 0 Å². The van der Waals surface area contributed by atoms with Crippen LogP contribution in [0.4, 0.5) is 0 Å². The van der Waals surface area contributed by atoms with Gasteiger partial charge >= 0.3 is 0 Å². The number of hydrogen-bond donors (Lipinski definition) is 0. The van der Waals surface area contributed by atoms with E-state index in [1.807, 2.05) is 22.7 Å². The lowest BCUT2D eigenvalue weighted by atomic mass is 9.89. The highest BCUT2D eigenvalue weighted by molar-refractivity contribution is 9.11. The van der Waals surface area contributed by atoms with Crippen molar-refractivity contribution in [3.05, 3.63) is 30.8 Å². The van der Waals surface area contributed by atoms with Crippen LogP contribution in [0.3, 0.4) is 0 Å². The van der Waals surface area contributed by atoms with Crippen molar-refractivity contribution in [3.63, 3.8) is 0 Å². The monoisotopic (exact) mass is 756 g/mol. The van der Waals surface area contributed by atoms with E-state index in [0.29, 0.717) is 0 Å². The first-order valence-electron chi connectivity index (χ1n) is 18.5. The molecule has 4 heteroatoms. The summed E-state index contributed by atoms with van der Waals surface area (Å²) in [6, 6.07) is 5.02. The maximum Gasteiger partial charge on any atom is 0.0737 e. The van der Waals surface area contributed by atoms with Crippen molar-refractivity contribution in [1.82, 2.24) is 0 Å². The largest absolute Gasteiger partial charge is 0.127 e. The minimum atomic E-state index is 0.759. The summed E-state index contributed by atoms with van der Waals surface area (Å²) in [5.41, 5.74) is 3.07. The highest BCUT2D eigenvalue weighted by atomic mass is 79.9. The topological polar surface area (TPSA) is 0 Å². The van der Waals surface area contributed by atoms with Crippen molar-refractivity contribution >= 4 is 54.5 Å². The Morgan fingerprint density at radius 2 is 0.837 bits per heavy atom. The van der Waals surface area contributed by atoms with Crippen LogP contribution >= 0.6 is 54.5 Å². The third-order valence-electron chi connectivity index (χ3n) is 9.32. The molecule has 248 valence electrons. The second kappa shape index (κ2) is 25.4. The van der Waals surface area contributed by atoms with Gasteiger partial charge in [0.25, 0.3) is 0 Å². The molecule has 2 aromatic heterocycles. The normalized spacial score (nSPS) is 13.2. The summed E-state index contributed by atoms with van der Waals surface area (Å²) < 4.78 is 2.72. The van der Waals surface area contributed by atoms with Gasteiger partial charge in [-0.1, -0.05) is 175 Å². The molecule has 0 radical (unpaired) electrons. The zero-order valence-corrected chi connectivity index (χ0v) is 33.4. The average molecular weight is 759 g/mol. The van der Waals surface area contributed by atoms with Crippen LogP contribution in [0.1, 0.15) is 187 Å². The van der Waals surface area contributed by atoms with Crippen LogP contribution in [-0.2, 0) is 12.8 Å². The van der Waals surface area contributed by atoms with E-state index in [0.717, 1.165) is 11.8 Å². The van der Waals surface area contributed by atoms with Crippen molar-refractivity contribution in [1.29, 1.82) is 0 Å². The molecular formula is C39H66Br2S2. The van der Waals surface area contributed by atoms with Gasteiger partial charge in [-0.05, 0) is 79.8 Å². The first kappa shape index (κ1) is 39.5. The van der Waals surface area contributed by atoms with Gasteiger partial charge in [-0.25, -0.2) is 0 Å². The molecule has 0 aromatic carbocycles. The lowest BCUT2D eigenvalue weighted by molar-refractivity contribution is 0.400. The molecule has 2 atom stereocenters. The molecule has 0 N–H and O–H groups in total. The number of halogens is 2. The predicted octanol–water partition coefficient (Wildman–Crippen LogP) is 16.4. The van der Waals surface area contributed by atoms with E-state index in [9.17, 15) is 0 Å². The lowest BCUT2D eigenvalue weighted by Crippen LogP contribution is -2.05. The molecule has 0 bridgehead atoms. The summed E-state index contributed by atoms with van der Waals surface area (Å²) >= 11 is 11.8. The minimum Gasteiger partial charge on any atom is -0.127 e. The van der Waals surface area contributed by atoms with Gasteiger partial charge < -0.3 is 0 Å². The first-order chi connectivity index (χ1) is 21.0. The maximum absolute atomic E-state index is 4.00. The van der Waals surface area contributed by atoms with Gasteiger partial charge in [-0.15, -0.1) is 22.7 Å². The van der Waals surface area contributed by atoms with Crippen LogP contribution in [0.25, 0.3) is 9.75 Å². The molecule has 0 saturated heterocycles. The third-order valence-corrected chi connectivity index (χ3v) is 13.4. The van der Waals surface area contributed by atoms with Crippen LogP contribution in [0, 0.1) is 11.8 Å². The van der Waals surface area contributed by atoms with Gasteiger partial charge in [0.1, 0.15) is 0 Å². The van der Waals surface area contributed by atoms with E-state index < -0.39 is 0 Å². The molecule has 0 fully saturated rings. The lowest BCUT2D eigenvalue weighted by Gasteiger charge is -2.17. The zero-order valence-electron chi connectivity index (χ0n) is 28.6.